The van der Waals surface area contributed by atoms with Crippen molar-refractivity contribution < 1.29 is 12.8 Å². The predicted molar refractivity (Wildman–Crippen MR) is 68.9 cm³/mol. The van der Waals surface area contributed by atoms with E-state index in [0.29, 0.717) is 12.2 Å². The molecular formula is C12H12FN3O2S. The largest absolute Gasteiger partial charge is 0.326 e. The first-order chi connectivity index (χ1) is 8.91. The zero-order valence-corrected chi connectivity index (χ0v) is 10.7. The summed E-state index contributed by atoms with van der Waals surface area (Å²) in [7, 11) is -3.88. The van der Waals surface area contributed by atoms with Crippen LogP contribution in [-0.4, -0.2) is 13.4 Å². The molecule has 0 aliphatic carbocycles. The summed E-state index contributed by atoms with van der Waals surface area (Å²) in [6, 6.07) is 6.60. The Morgan fingerprint density at radius 2 is 1.95 bits per heavy atom. The van der Waals surface area contributed by atoms with E-state index in [0.717, 1.165) is 23.8 Å². The summed E-state index contributed by atoms with van der Waals surface area (Å²) in [4.78, 5) is 3.89. The van der Waals surface area contributed by atoms with Gasteiger partial charge in [-0.1, -0.05) is 6.07 Å². The number of hydrogen-bond donors (Lipinski definition) is 2. The number of halogens is 1. The Labute approximate surface area is 110 Å². The van der Waals surface area contributed by atoms with E-state index in [2.05, 4.69) is 4.98 Å². The van der Waals surface area contributed by atoms with Gasteiger partial charge in [0.25, 0.3) is 0 Å². The van der Waals surface area contributed by atoms with Crippen LogP contribution >= 0.6 is 0 Å². The summed E-state index contributed by atoms with van der Waals surface area (Å²) >= 11 is 0. The van der Waals surface area contributed by atoms with Crippen molar-refractivity contribution in [1.82, 2.24) is 4.98 Å². The van der Waals surface area contributed by atoms with Crippen LogP contribution in [0, 0.1) is 5.82 Å². The fourth-order valence-electron chi connectivity index (χ4n) is 1.58. The second-order valence-corrected chi connectivity index (χ2v) is 5.50. The maximum atomic E-state index is 13.7. The molecule has 0 aliphatic heterocycles. The third-order valence-electron chi connectivity index (χ3n) is 2.60. The first-order valence-corrected chi connectivity index (χ1v) is 6.94. The fourth-order valence-corrected chi connectivity index (χ4v) is 2.12. The van der Waals surface area contributed by atoms with Gasteiger partial charge in [0.15, 0.2) is 0 Å². The molecule has 1 heterocycles. The Morgan fingerprint density at radius 3 is 2.47 bits per heavy atom. The van der Waals surface area contributed by atoms with E-state index in [4.69, 9.17) is 10.9 Å². The summed E-state index contributed by atoms with van der Waals surface area (Å²) in [6.07, 6.45) is 1.51. The first kappa shape index (κ1) is 13.6. The SMILES string of the molecule is NCc1ccc(-c2cc(S(N)(=O)=O)ccc2F)nc1. The van der Waals surface area contributed by atoms with Crippen LogP contribution in [0.4, 0.5) is 4.39 Å². The standard InChI is InChI=1S/C12H12FN3O2S/c13-11-3-2-9(19(15,17)18)5-10(11)12-4-1-8(6-14)7-16-12/h1-5,7H,6,14H2,(H2,15,17,18). The lowest BCUT2D eigenvalue weighted by Crippen LogP contribution is -2.12. The lowest BCUT2D eigenvalue weighted by Gasteiger charge is -2.06. The highest BCUT2D eigenvalue weighted by atomic mass is 32.2. The Balaban J connectivity index is 2.54. The predicted octanol–water partition coefficient (Wildman–Crippen LogP) is 0.994. The van der Waals surface area contributed by atoms with Gasteiger partial charge in [-0.05, 0) is 29.8 Å². The Hall–Kier alpha value is -1.83. The molecule has 4 N–H and O–H groups in total. The zero-order valence-electron chi connectivity index (χ0n) is 9.88. The number of rotatable bonds is 3. The highest BCUT2D eigenvalue weighted by molar-refractivity contribution is 7.89. The van der Waals surface area contributed by atoms with Gasteiger partial charge in [0.1, 0.15) is 5.82 Å². The molecule has 7 heteroatoms. The van der Waals surface area contributed by atoms with Crippen LogP contribution in [0.25, 0.3) is 11.3 Å². The van der Waals surface area contributed by atoms with Gasteiger partial charge >= 0.3 is 0 Å². The van der Waals surface area contributed by atoms with Crippen molar-refractivity contribution in [3.05, 3.63) is 47.9 Å². The average molecular weight is 281 g/mol. The summed E-state index contributed by atoms with van der Waals surface area (Å²) < 4.78 is 36.2. The third kappa shape index (κ3) is 2.95. The van der Waals surface area contributed by atoms with Gasteiger partial charge in [0.05, 0.1) is 10.6 Å². The number of aromatic nitrogens is 1. The van der Waals surface area contributed by atoms with Crippen molar-refractivity contribution in [2.75, 3.05) is 0 Å². The molecule has 1 aromatic carbocycles. The monoisotopic (exact) mass is 281 g/mol. The molecule has 0 atom stereocenters. The second-order valence-electron chi connectivity index (χ2n) is 3.94. The number of nitrogens with two attached hydrogens (primary N) is 2. The highest BCUT2D eigenvalue weighted by Crippen LogP contribution is 2.23. The molecule has 0 bridgehead atoms. The molecule has 0 saturated heterocycles. The van der Waals surface area contributed by atoms with Crippen molar-refractivity contribution in [2.45, 2.75) is 11.4 Å². The molecule has 5 nitrogen and oxygen atoms in total. The van der Waals surface area contributed by atoms with Crippen LogP contribution in [0.3, 0.4) is 0 Å². The molecule has 1 aromatic heterocycles. The van der Waals surface area contributed by atoms with Crippen molar-refractivity contribution in [3.63, 3.8) is 0 Å². The molecule has 0 aliphatic rings. The van der Waals surface area contributed by atoms with Gasteiger partial charge in [-0.25, -0.2) is 17.9 Å². The van der Waals surface area contributed by atoms with Crippen LogP contribution in [0.1, 0.15) is 5.56 Å². The maximum absolute atomic E-state index is 13.7. The molecule has 0 saturated carbocycles. The normalized spacial score (nSPS) is 11.5. The number of nitrogens with zero attached hydrogens (tertiary/aromatic N) is 1. The summed E-state index contributed by atoms with van der Waals surface area (Å²) in [5.41, 5.74) is 6.64. The van der Waals surface area contributed by atoms with E-state index in [1.807, 2.05) is 0 Å². The van der Waals surface area contributed by atoms with Gasteiger partial charge in [-0.15, -0.1) is 0 Å². The van der Waals surface area contributed by atoms with E-state index in [9.17, 15) is 12.8 Å². The van der Waals surface area contributed by atoms with E-state index in [1.165, 1.54) is 6.20 Å². The number of benzene rings is 1. The molecule has 0 amide bonds. The minimum absolute atomic E-state index is 0.0788. The topological polar surface area (TPSA) is 99.1 Å². The number of hydrogen-bond acceptors (Lipinski definition) is 4. The van der Waals surface area contributed by atoms with E-state index >= 15 is 0 Å². The Morgan fingerprint density at radius 1 is 1.21 bits per heavy atom. The van der Waals surface area contributed by atoms with Gasteiger partial charge in [-0.3, -0.25) is 4.98 Å². The molecular weight excluding hydrogens is 269 g/mol. The molecule has 0 unspecified atom stereocenters. The van der Waals surface area contributed by atoms with Gasteiger partial charge in [0.2, 0.25) is 10.0 Å². The van der Waals surface area contributed by atoms with E-state index in [-0.39, 0.29) is 10.5 Å². The summed E-state index contributed by atoms with van der Waals surface area (Å²) in [5.74, 6) is -0.569. The quantitative estimate of drug-likeness (QED) is 0.876. The van der Waals surface area contributed by atoms with Crippen LogP contribution < -0.4 is 10.9 Å². The van der Waals surface area contributed by atoms with Crippen LogP contribution in [0.15, 0.2) is 41.4 Å². The van der Waals surface area contributed by atoms with Crippen molar-refractivity contribution >= 4 is 10.0 Å². The van der Waals surface area contributed by atoms with Gasteiger partial charge in [-0.2, -0.15) is 0 Å². The lowest BCUT2D eigenvalue weighted by atomic mass is 10.1. The van der Waals surface area contributed by atoms with Crippen LogP contribution in [0.5, 0.6) is 0 Å². The Bertz CT molecular complexity index is 699. The Kier molecular flexibility index (Phi) is 3.61. The fraction of sp³-hybridized carbons (Fsp3) is 0.0833. The van der Waals surface area contributed by atoms with Gasteiger partial charge < -0.3 is 5.73 Å². The lowest BCUT2D eigenvalue weighted by molar-refractivity contribution is 0.596. The average Bonchev–Trinajstić information content (AvgIpc) is 2.38. The summed E-state index contributed by atoms with van der Waals surface area (Å²) in [6.45, 7) is 0.326. The number of primary sulfonamides is 1. The molecule has 100 valence electrons. The van der Waals surface area contributed by atoms with Crippen molar-refractivity contribution in [1.29, 1.82) is 0 Å². The molecule has 2 rings (SSSR count). The van der Waals surface area contributed by atoms with E-state index < -0.39 is 15.8 Å². The van der Waals surface area contributed by atoms with Gasteiger partial charge in [0, 0.05) is 18.3 Å². The number of sulfonamides is 1. The minimum atomic E-state index is -3.88. The zero-order chi connectivity index (χ0) is 14.0. The minimum Gasteiger partial charge on any atom is -0.326 e. The second kappa shape index (κ2) is 5.04. The molecule has 0 fully saturated rings. The number of pyridine rings is 1. The van der Waals surface area contributed by atoms with Crippen molar-refractivity contribution in [3.8, 4) is 11.3 Å². The smallest absolute Gasteiger partial charge is 0.238 e. The van der Waals surface area contributed by atoms with Crippen molar-refractivity contribution in [2.24, 2.45) is 10.9 Å². The highest BCUT2D eigenvalue weighted by Gasteiger charge is 2.13. The first-order valence-electron chi connectivity index (χ1n) is 5.39. The maximum Gasteiger partial charge on any atom is 0.238 e. The van der Waals surface area contributed by atoms with E-state index in [1.54, 1.807) is 12.1 Å². The third-order valence-corrected chi connectivity index (χ3v) is 3.51. The van der Waals surface area contributed by atoms with Crippen LogP contribution in [-0.2, 0) is 16.6 Å². The molecule has 2 aromatic rings. The summed E-state index contributed by atoms with van der Waals surface area (Å²) in [5, 5.41) is 5.01. The molecule has 0 radical (unpaired) electrons. The molecule has 0 spiro atoms. The van der Waals surface area contributed by atoms with Crippen LogP contribution in [0.2, 0.25) is 0 Å². The molecule has 19 heavy (non-hydrogen) atoms.